The molecule has 2 saturated heterocycles. The van der Waals surface area contributed by atoms with Crippen LogP contribution in [-0.4, -0.2) is 57.8 Å². The van der Waals surface area contributed by atoms with Gasteiger partial charge in [-0.05, 0) is 31.4 Å². The quantitative estimate of drug-likeness (QED) is 0.833. The van der Waals surface area contributed by atoms with E-state index in [9.17, 15) is 9.59 Å². The Hall–Kier alpha value is -2.70. The van der Waals surface area contributed by atoms with Crippen molar-refractivity contribution in [2.24, 2.45) is 5.41 Å². The minimum absolute atomic E-state index is 0.0294. The molecule has 0 N–H and O–H groups in total. The van der Waals surface area contributed by atoms with Gasteiger partial charge in [0, 0.05) is 44.0 Å². The molecule has 0 bridgehead atoms. The summed E-state index contributed by atoms with van der Waals surface area (Å²) >= 11 is 0. The van der Waals surface area contributed by atoms with Crippen LogP contribution in [0.3, 0.4) is 0 Å². The second-order valence-electron chi connectivity index (χ2n) is 6.87. The lowest BCUT2D eigenvalue weighted by molar-refractivity contribution is 0.0489. The molecule has 1 atom stereocenters. The van der Waals surface area contributed by atoms with Crippen LogP contribution in [0.4, 0.5) is 0 Å². The summed E-state index contributed by atoms with van der Waals surface area (Å²) in [5, 5.41) is 0. The summed E-state index contributed by atoms with van der Waals surface area (Å²) in [5.41, 5.74) is 0.345. The standard InChI is InChI=1S/C18H20N4O3/c23-16(14-11-19-6-7-20-14)22-9-5-18(13-22)4-2-8-21(12-18)17(24)15-3-1-10-25-15/h1,3,6-7,10-11H,2,4-5,8-9,12-13H2. The number of likely N-dealkylation sites (tertiary alicyclic amines) is 2. The first-order valence-corrected chi connectivity index (χ1v) is 8.55. The second kappa shape index (κ2) is 6.31. The lowest BCUT2D eigenvalue weighted by atomic mass is 9.79. The zero-order valence-electron chi connectivity index (χ0n) is 13.9. The molecule has 2 aliphatic rings. The van der Waals surface area contributed by atoms with E-state index in [1.54, 1.807) is 18.3 Å². The minimum Gasteiger partial charge on any atom is -0.459 e. The minimum atomic E-state index is -0.0838. The Kier molecular flexibility index (Phi) is 3.99. The van der Waals surface area contributed by atoms with Gasteiger partial charge in [0.15, 0.2) is 5.76 Å². The summed E-state index contributed by atoms with van der Waals surface area (Å²) in [4.78, 5) is 36.9. The van der Waals surface area contributed by atoms with Crippen LogP contribution in [-0.2, 0) is 0 Å². The van der Waals surface area contributed by atoms with Crippen LogP contribution in [0.1, 0.15) is 40.3 Å². The largest absolute Gasteiger partial charge is 0.459 e. The molecule has 25 heavy (non-hydrogen) atoms. The molecule has 2 aliphatic heterocycles. The number of piperidine rings is 1. The number of carbonyl (C=O) groups is 2. The van der Waals surface area contributed by atoms with Gasteiger partial charge in [-0.1, -0.05) is 0 Å². The molecular weight excluding hydrogens is 320 g/mol. The van der Waals surface area contributed by atoms with Crippen LogP contribution in [0.2, 0.25) is 0 Å². The average Bonchev–Trinajstić information content (AvgIpc) is 3.32. The van der Waals surface area contributed by atoms with Crippen LogP contribution in [0.15, 0.2) is 41.4 Å². The third-order valence-electron chi connectivity index (χ3n) is 5.19. The molecule has 4 heterocycles. The van der Waals surface area contributed by atoms with Crippen molar-refractivity contribution in [3.8, 4) is 0 Å². The lowest BCUT2D eigenvalue weighted by Gasteiger charge is -2.40. The van der Waals surface area contributed by atoms with Crippen molar-refractivity contribution < 1.29 is 14.0 Å². The zero-order valence-corrected chi connectivity index (χ0v) is 13.9. The molecule has 130 valence electrons. The van der Waals surface area contributed by atoms with Gasteiger partial charge >= 0.3 is 0 Å². The number of hydrogen-bond acceptors (Lipinski definition) is 5. The highest BCUT2D eigenvalue weighted by Crippen LogP contribution is 2.39. The normalized spacial score (nSPS) is 23.2. The molecule has 0 saturated carbocycles. The molecule has 0 radical (unpaired) electrons. The van der Waals surface area contributed by atoms with E-state index in [-0.39, 0.29) is 17.2 Å². The summed E-state index contributed by atoms with van der Waals surface area (Å²) in [7, 11) is 0. The van der Waals surface area contributed by atoms with E-state index in [2.05, 4.69) is 9.97 Å². The highest BCUT2D eigenvalue weighted by molar-refractivity contribution is 5.92. The third kappa shape index (κ3) is 3.01. The van der Waals surface area contributed by atoms with Gasteiger partial charge < -0.3 is 14.2 Å². The second-order valence-corrected chi connectivity index (χ2v) is 6.87. The predicted molar refractivity (Wildman–Crippen MR) is 88.8 cm³/mol. The summed E-state index contributed by atoms with van der Waals surface area (Å²) in [6, 6.07) is 3.42. The first-order chi connectivity index (χ1) is 12.2. The number of aromatic nitrogens is 2. The summed E-state index contributed by atoms with van der Waals surface area (Å²) in [6.07, 6.45) is 8.98. The fraction of sp³-hybridized carbons (Fsp3) is 0.444. The number of rotatable bonds is 2. The highest BCUT2D eigenvalue weighted by atomic mass is 16.3. The Morgan fingerprint density at radius 1 is 1.08 bits per heavy atom. The molecule has 2 aromatic rings. The number of carbonyl (C=O) groups excluding carboxylic acids is 2. The van der Waals surface area contributed by atoms with Crippen LogP contribution in [0.5, 0.6) is 0 Å². The molecule has 7 heteroatoms. The molecule has 2 aromatic heterocycles. The van der Waals surface area contributed by atoms with Crippen LogP contribution in [0, 0.1) is 5.41 Å². The van der Waals surface area contributed by atoms with E-state index in [1.165, 1.54) is 18.7 Å². The van der Waals surface area contributed by atoms with Crippen molar-refractivity contribution in [3.05, 3.63) is 48.4 Å². The van der Waals surface area contributed by atoms with Crippen molar-refractivity contribution in [2.45, 2.75) is 19.3 Å². The number of nitrogens with zero attached hydrogens (tertiary/aromatic N) is 4. The topological polar surface area (TPSA) is 79.5 Å². The Morgan fingerprint density at radius 3 is 2.64 bits per heavy atom. The Balaban J connectivity index is 1.46. The summed E-state index contributed by atoms with van der Waals surface area (Å²) in [6.45, 7) is 2.75. The lowest BCUT2D eigenvalue weighted by Crippen LogP contribution is -2.47. The average molecular weight is 340 g/mol. The summed E-state index contributed by atoms with van der Waals surface area (Å²) < 4.78 is 5.25. The van der Waals surface area contributed by atoms with Crippen molar-refractivity contribution >= 4 is 11.8 Å². The molecule has 4 rings (SSSR count). The SMILES string of the molecule is O=C(c1cnccn1)N1CCC2(CCCN(C(=O)c3ccco3)C2)C1. The third-order valence-corrected chi connectivity index (χ3v) is 5.19. The van der Waals surface area contributed by atoms with E-state index < -0.39 is 0 Å². The van der Waals surface area contributed by atoms with E-state index in [1.807, 2.05) is 9.80 Å². The van der Waals surface area contributed by atoms with Gasteiger partial charge in [-0.2, -0.15) is 0 Å². The maximum Gasteiger partial charge on any atom is 0.289 e. The van der Waals surface area contributed by atoms with Gasteiger partial charge in [0.25, 0.3) is 11.8 Å². The maximum absolute atomic E-state index is 12.6. The molecule has 2 amide bonds. The van der Waals surface area contributed by atoms with Crippen molar-refractivity contribution in [1.29, 1.82) is 0 Å². The van der Waals surface area contributed by atoms with Gasteiger partial charge in [0.2, 0.25) is 0 Å². The van der Waals surface area contributed by atoms with Gasteiger partial charge in [-0.3, -0.25) is 14.6 Å². The Bertz CT molecular complexity index is 762. The van der Waals surface area contributed by atoms with E-state index in [0.717, 1.165) is 25.8 Å². The smallest absolute Gasteiger partial charge is 0.289 e. The fourth-order valence-corrected chi connectivity index (χ4v) is 3.95. The van der Waals surface area contributed by atoms with Gasteiger partial charge in [-0.25, -0.2) is 4.98 Å². The summed E-state index contributed by atoms with van der Waals surface area (Å²) in [5.74, 6) is 0.227. The van der Waals surface area contributed by atoms with E-state index >= 15 is 0 Å². The fourth-order valence-electron chi connectivity index (χ4n) is 3.95. The molecule has 2 fully saturated rings. The first-order valence-electron chi connectivity index (χ1n) is 8.55. The zero-order chi connectivity index (χ0) is 17.3. The predicted octanol–water partition coefficient (Wildman–Crippen LogP) is 1.84. The molecule has 7 nitrogen and oxygen atoms in total. The first kappa shape index (κ1) is 15.8. The van der Waals surface area contributed by atoms with Crippen molar-refractivity contribution in [3.63, 3.8) is 0 Å². The number of furan rings is 1. The molecule has 0 aromatic carbocycles. The monoisotopic (exact) mass is 340 g/mol. The van der Waals surface area contributed by atoms with E-state index in [0.29, 0.717) is 31.1 Å². The molecular formula is C18H20N4O3. The molecule has 1 spiro atoms. The molecule has 0 aliphatic carbocycles. The van der Waals surface area contributed by atoms with Crippen LogP contribution in [0.25, 0.3) is 0 Å². The maximum atomic E-state index is 12.6. The van der Waals surface area contributed by atoms with Gasteiger partial charge in [-0.15, -0.1) is 0 Å². The van der Waals surface area contributed by atoms with Crippen molar-refractivity contribution in [1.82, 2.24) is 19.8 Å². The van der Waals surface area contributed by atoms with Crippen molar-refractivity contribution in [2.75, 3.05) is 26.2 Å². The molecule has 1 unspecified atom stereocenters. The van der Waals surface area contributed by atoms with Crippen LogP contribution >= 0.6 is 0 Å². The number of hydrogen-bond donors (Lipinski definition) is 0. The van der Waals surface area contributed by atoms with Crippen LogP contribution < -0.4 is 0 Å². The Labute approximate surface area is 145 Å². The van der Waals surface area contributed by atoms with Gasteiger partial charge in [0.1, 0.15) is 5.69 Å². The number of amides is 2. The van der Waals surface area contributed by atoms with E-state index in [4.69, 9.17) is 4.42 Å². The highest BCUT2D eigenvalue weighted by Gasteiger charge is 2.44. The van der Waals surface area contributed by atoms with Gasteiger partial charge in [0.05, 0.1) is 12.5 Å². The Morgan fingerprint density at radius 2 is 1.92 bits per heavy atom.